The maximum Gasteiger partial charge on any atom is 0 e. The summed E-state index contributed by atoms with van der Waals surface area (Å²) in [6.07, 6.45) is 0. The van der Waals surface area contributed by atoms with Gasteiger partial charge in [0.2, 0.25) is 0 Å². The minimum Gasteiger partial charge on any atom is 0 e. The van der Waals surface area contributed by atoms with Crippen molar-refractivity contribution >= 4 is 142 Å². The number of hydrogen-bond acceptors (Lipinski definition) is 0. The Morgan fingerprint density at radius 1 is 1.00 bits per heavy atom. The van der Waals surface area contributed by atoms with Crippen LogP contribution in [0.5, 0.6) is 0 Å². The molecule has 0 spiro atoms. The second-order valence-electron chi connectivity index (χ2n) is 0. The van der Waals surface area contributed by atoms with Crippen LogP contribution in [0.25, 0.3) is 0 Å². The van der Waals surface area contributed by atoms with Crippen molar-refractivity contribution in [1.29, 1.82) is 0 Å². The molecule has 0 heterocycles. The van der Waals surface area contributed by atoms with Gasteiger partial charge in [-0.3, -0.25) is 0 Å². The van der Waals surface area contributed by atoms with Crippen LogP contribution in [0.2, 0.25) is 0 Å². The van der Waals surface area contributed by atoms with Crippen molar-refractivity contribution < 1.29 is 19.5 Å². The Bertz CT molecular complexity index is 11.6. The molecule has 0 aliphatic heterocycles. The van der Waals surface area contributed by atoms with Crippen LogP contribution in [0.3, 0.4) is 0 Å². The maximum atomic E-state index is 0. The molecular formula is CaKMgNaZn. The van der Waals surface area contributed by atoms with E-state index in [0.29, 0.717) is 0 Å². The Morgan fingerprint density at radius 3 is 1.00 bits per heavy atom. The van der Waals surface area contributed by atoms with Crippen molar-refractivity contribution in [1.82, 2.24) is 0 Å². The molecule has 0 aliphatic rings. The second kappa shape index (κ2) is 22.8. The third kappa shape index (κ3) is 17.6. The van der Waals surface area contributed by atoms with Gasteiger partial charge in [0.1, 0.15) is 0 Å². The molecule has 6 radical (unpaired) electrons. The zero-order valence-electron chi connectivity index (χ0n) is 4.12. The van der Waals surface area contributed by atoms with Gasteiger partial charge in [0, 0.05) is 161 Å². The molecule has 0 amide bonds. The summed E-state index contributed by atoms with van der Waals surface area (Å²) in [5.41, 5.74) is 0. The van der Waals surface area contributed by atoms with Crippen LogP contribution < -0.4 is 0 Å². The summed E-state index contributed by atoms with van der Waals surface area (Å²) in [5, 5.41) is 0. The van der Waals surface area contributed by atoms with Gasteiger partial charge >= 0.3 is 0 Å². The summed E-state index contributed by atoms with van der Waals surface area (Å²) >= 11 is 0. The van der Waals surface area contributed by atoms with E-state index in [1.165, 1.54) is 0 Å². The summed E-state index contributed by atoms with van der Waals surface area (Å²) in [6.45, 7) is 0. The number of hydrogen-bond donors (Lipinski definition) is 0. The Labute approximate surface area is 156 Å². The minimum atomic E-state index is 0. The smallest absolute Gasteiger partial charge is 0 e. The molecule has 0 aromatic rings. The summed E-state index contributed by atoms with van der Waals surface area (Å²) < 4.78 is 0. The van der Waals surface area contributed by atoms with Crippen LogP contribution >= 0.6 is 0 Å². The van der Waals surface area contributed by atoms with E-state index in [9.17, 15) is 0 Å². The van der Waals surface area contributed by atoms with Gasteiger partial charge in [-0.05, 0) is 0 Å². The molecule has 5 heteroatoms. The summed E-state index contributed by atoms with van der Waals surface area (Å²) in [6, 6.07) is 0. The fourth-order valence-electron chi connectivity index (χ4n) is 0. The van der Waals surface area contributed by atoms with Gasteiger partial charge in [0.15, 0.2) is 0 Å². The largest absolute Gasteiger partial charge is 0 e. The first-order valence-electron chi connectivity index (χ1n) is 0. The molecule has 0 saturated heterocycles. The minimum absolute atomic E-state index is 0. The van der Waals surface area contributed by atoms with Gasteiger partial charge in [-0.2, -0.15) is 0 Å². The van der Waals surface area contributed by atoms with Crippen LogP contribution in [0.4, 0.5) is 0 Å². The van der Waals surface area contributed by atoms with Crippen LogP contribution in [0.15, 0.2) is 0 Å². The molecule has 0 saturated carbocycles. The van der Waals surface area contributed by atoms with E-state index in [4.69, 9.17) is 0 Å². The summed E-state index contributed by atoms with van der Waals surface area (Å²) in [7, 11) is 0. The van der Waals surface area contributed by atoms with Crippen LogP contribution in [-0.2, 0) is 19.5 Å². The molecule has 8 valence electrons. The monoisotopic (exact) mass is 190 g/mol. The fraction of sp³-hybridized carbons (Fsp3) is 0. The van der Waals surface area contributed by atoms with Gasteiger partial charge in [-0.25, -0.2) is 0 Å². The van der Waals surface area contributed by atoms with Gasteiger partial charge in [-0.15, -0.1) is 0 Å². The molecule has 0 atom stereocenters. The Hall–Kier alpha value is 5.29. The summed E-state index contributed by atoms with van der Waals surface area (Å²) in [5.74, 6) is 0. The average Bonchev–Trinajstić information content (AvgIpc) is 0. The first-order chi connectivity index (χ1) is 0. The predicted molar refractivity (Wildman–Crippen MR) is 23.0 cm³/mol. The van der Waals surface area contributed by atoms with E-state index in [1.807, 2.05) is 0 Å². The van der Waals surface area contributed by atoms with E-state index >= 15 is 0 Å². The molecule has 0 N–H and O–H groups in total. The molecule has 0 unspecified atom stereocenters. The predicted octanol–water partition coefficient (Wildman–Crippen LogP) is -1.53. The molecule has 0 bridgehead atoms. The topological polar surface area (TPSA) is 0 Å². The molecule has 0 aromatic carbocycles. The molecular weight excluding hydrogens is 192 g/mol. The first-order valence-corrected chi connectivity index (χ1v) is 0. The van der Waals surface area contributed by atoms with Crippen molar-refractivity contribution in [3.8, 4) is 0 Å². The van der Waals surface area contributed by atoms with Crippen LogP contribution in [-0.4, -0.2) is 142 Å². The van der Waals surface area contributed by atoms with E-state index in [0.717, 1.165) is 0 Å². The third-order valence-electron chi connectivity index (χ3n) is 0. The normalized spacial score (nSPS) is 0. The Balaban J connectivity index is 0. The van der Waals surface area contributed by atoms with E-state index in [2.05, 4.69) is 0 Å². The van der Waals surface area contributed by atoms with E-state index in [1.54, 1.807) is 0 Å². The Morgan fingerprint density at radius 2 is 1.00 bits per heavy atom. The SMILES string of the molecule is [Ca].[K].[Mg].[Na].[Zn]. The summed E-state index contributed by atoms with van der Waals surface area (Å²) in [4.78, 5) is 0. The molecule has 0 aliphatic carbocycles. The van der Waals surface area contributed by atoms with Crippen molar-refractivity contribution in [2.24, 2.45) is 0 Å². The van der Waals surface area contributed by atoms with Crippen molar-refractivity contribution in [3.05, 3.63) is 0 Å². The van der Waals surface area contributed by atoms with Crippen molar-refractivity contribution in [3.63, 3.8) is 0 Å². The molecule has 0 fully saturated rings. The standard InChI is InChI=1S/Ca.K.Mg.Na.Zn. The van der Waals surface area contributed by atoms with Crippen LogP contribution in [0.1, 0.15) is 0 Å². The second-order valence-corrected chi connectivity index (χ2v) is 0. The van der Waals surface area contributed by atoms with Gasteiger partial charge in [0.25, 0.3) is 0 Å². The maximum absolute atomic E-state index is 0. The molecule has 0 rings (SSSR count). The zero-order valence-corrected chi connectivity index (χ0v) is 15.8. The van der Waals surface area contributed by atoms with Crippen LogP contribution in [0, 0.1) is 0 Å². The third-order valence-corrected chi connectivity index (χ3v) is 0. The van der Waals surface area contributed by atoms with Gasteiger partial charge in [-0.1, -0.05) is 0 Å². The molecule has 5 heavy (non-hydrogen) atoms. The first kappa shape index (κ1) is 31.7. The zero-order chi connectivity index (χ0) is 0. The molecule has 0 nitrogen and oxygen atoms in total. The Kier molecular flexibility index (Phi) is 145. The fourth-order valence-corrected chi connectivity index (χ4v) is 0. The molecule has 0 aromatic heterocycles. The van der Waals surface area contributed by atoms with Gasteiger partial charge < -0.3 is 0 Å². The van der Waals surface area contributed by atoms with E-state index in [-0.39, 0.29) is 161 Å². The van der Waals surface area contributed by atoms with Crippen molar-refractivity contribution in [2.45, 2.75) is 0 Å². The quantitative estimate of drug-likeness (QED) is 0.408. The average molecular weight is 192 g/mol. The van der Waals surface area contributed by atoms with Crippen molar-refractivity contribution in [2.75, 3.05) is 0 Å². The van der Waals surface area contributed by atoms with Gasteiger partial charge in [0.05, 0.1) is 0 Å². The van der Waals surface area contributed by atoms with E-state index < -0.39 is 0 Å². The number of rotatable bonds is 0.